The highest BCUT2D eigenvalue weighted by Crippen LogP contribution is 2.38. The van der Waals surface area contributed by atoms with Crippen LogP contribution in [-0.4, -0.2) is 69.1 Å². The third kappa shape index (κ3) is 3.62. The first-order valence-corrected chi connectivity index (χ1v) is 11.1. The van der Waals surface area contributed by atoms with Gasteiger partial charge in [-0.2, -0.15) is 5.10 Å². The van der Waals surface area contributed by atoms with Crippen molar-refractivity contribution in [1.82, 2.24) is 30.0 Å². The van der Waals surface area contributed by atoms with Crippen molar-refractivity contribution in [3.05, 3.63) is 54.0 Å². The highest BCUT2D eigenvalue weighted by Gasteiger charge is 2.32. The fourth-order valence-electron chi connectivity index (χ4n) is 4.05. The molecule has 1 N–H and O–H groups in total. The first kappa shape index (κ1) is 19.8. The van der Waals surface area contributed by atoms with E-state index in [4.69, 9.17) is 4.98 Å². The number of carbonyl (C=O) groups excluding carboxylic acids is 1. The van der Waals surface area contributed by atoms with Crippen molar-refractivity contribution in [1.29, 1.82) is 0 Å². The van der Waals surface area contributed by atoms with E-state index in [1.54, 1.807) is 12.4 Å². The van der Waals surface area contributed by atoms with Crippen LogP contribution in [0, 0.1) is 6.92 Å². The minimum Gasteiger partial charge on any atom is -0.336 e. The van der Waals surface area contributed by atoms with Crippen LogP contribution in [0.4, 0.5) is 0 Å². The summed E-state index contributed by atoms with van der Waals surface area (Å²) in [5.74, 6) is -0.0265. The highest BCUT2D eigenvalue weighted by atomic mass is 32.1. The number of rotatable bonds is 4. The zero-order valence-corrected chi connectivity index (χ0v) is 18.6. The van der Waals surface area contributed by atoms with Gasteiger partial charge in [-0.15, -0.1) is 11.3 Å². The maximum atomic E-state index is 13.5. The van der Waals surface area contributed by atoms with Crippen LogP contribution in [0.3, 0.4) is 0 Å². The van der Waals surface area contributed by atoms with Gasteiger partial charge in [-0.3, -0.25) is 14.9 Å². The lowest BCUT2D eigenvalue weighted by Crippen LogP contribution is -2.34. The molecule has 1 amide bonds. The first-order chi connectivity index (χ1) is 15.0. The number of amides is 1. The summed E-state index contributed by atoms with van der Waals surface area (Å²) in [4.78, 5) is 27.5. The van der Waals surface area contributed by atoms with Crippen LogP contribution in [-0.2, 0) is 0 Å². The molecule has 1 aliphatic heterocycles. The summed E-state index contributed by atoms with van der Waals surface area (Å²) >= 11 is 1.49. The Kier molecular flexibility index (Phi) is 5.03. The monoisotopic (exact) mass is 432 g/mol. The van der Waals surface area contributed by atoms with Crippen LogP contribution in [0.15, 0.2) is 42.7 Å². The molecule has 3 aromatic heterocycles. The summed E-state index contributed by atoms with van der Waals surface area (Å²) in [6.07, 6.45) is 4.49. The summed E-state index contributed by atoms with van der Waals surface area (Å²) in [6.45, 7) is 3.51. The minimum absolute atomic E-state index is 0.0265. The SMILES string of the molecule is Cc1ccc2c(-c3nc(C(=O)N4CC[C@H](N(C)C)C4)c(-c4cccnc4)s3)n[nH]c2c1. The summed E-state index contributed by atoms with van der Waals surface area (Å²) < 4.78 is 0. The molecule has 8 heteroatoms. The lowest BCUT2D eigenvalue weighted by atomic mass is 10.1. The van der Waals surface area contributed by atoms with E-state index in [2.05, 4.69) is 59.3 Å². The van der Waals surface area contributed by atoms with Crippen molar-refractivity contribution in [3.63, 3.8) is 0 Å². The zero-order valence-electron chi connectivity index (χ0n) is 17.8. The molecule has 4 heterocycles. The van der Waals surface area contributed by atoms with Crippen molar-refractivity contribution in [2.75, 3.05) is 27.2 Å². The van der Waals surface area contributed by atoms with E-state index in [0.717, 1.165) is 51.6 Å². The fraction of sp³-hybridized carbons (Fsp3) is 0.304. The summed E-state index contributed by atoms with van der Waals surface area (Å²) in [7, 11) is 4.12. The summed E-state index contributed by atoms with van der Waals surface area (Å²) in [5.41, 5.74) is 4.29. The number of nitrogens with one attached hydrogen (secondary N) is 1. The molecule has 5 rings (SSSR count). The maximum Gasteiger partial charge on any atom is 0.274 e. The molecule has 31 heavy (non-hydrogen) atoms. The Labute approximate surface area is 184 Å². The van der Waals surface area contributed by atoms with Crippen molar-refractivity contribution >= 4 is 28.1 Å². The summed E-state index contributed by atoms with van der Waals surface area (Å²) in [6, 6.07) is 10.4. The molecule has 1 aliphatic rings. The Hall–Kier alpha value is -3.10. The van der Waals surface area contributed by atoms with E-state index in [1.165, 1.54) is 16.9 Å². The Morgan fingerprint density at radius 1 is 1.29 bits per heavy atom. The number of aromatic amines is 1. The second kappa shape index (κ2) is 7.86. The largest absolute Gasteiger partial charge is 0.336 e. The molecule has 0 unspecified atom stereocenters. The van der Waals surface area contributed by atoms with Gasteiger partial charge in [0.1, 0.15) is 16.4 Å². The predicted molar refractivity (Wildman–Crippen MR) is 123 cm³/mol. The molecule has 7 nitrogen and oxygen atoms in total. The molecule has 0 spiro atoms. The van der Waals surface area contributed by atoms with Gasteiger partial charge in [-0.05, 0) is 45.1 Å². The molecule has 0 bridgehead atoms. The molecule has 0 saturated carbocycles. The molecule has 1 atom stereocenters. The lowest BCUT2D eigenvalue weighted by molar-refractivity contribution is 0.0779. The van der Waals surface area contributed by atoms with Gasteiger partial charge in [0.2, 0.25) is 0 Å². The topological polar surface area (TPSA) is 78.0 Å². The van der Waals surface area contributed by atoms with Gasteiger partial charge >= 0.3 is 0 Å². The van der Waals surface area contributed by atoms with Gasteiger partial charge in [0.25, 0.3) is 5.91 Å². The second-order valence-corrected chi connectivity index (χ2v) is 9.22. The van der Waals surface area contributed by atoms with Gasteiger partial charge in [0.05, 0.1) is 10.4 Å². The van der Waals surface area contributed by atoms with Gasteiger partial charge in [0.15, 0.2) is 0 Å². The van der Waals surface area contributed by atoms with E-state index in [-0.39, 0.29) is 5.91 Å². The fourth-order valence-corrected chi connectivity index (χ4v) is 5.10. The molecule has 0 radical (unpaired) electrons. The maximum absolute atomic E-state index is 13.5. The number of hydrogen-bond donors (Lipinski definition) is 1. The number of aromatic nitrogens is 4. The average molecular weight is 433 g/mol. The van der Waals surface area contributed by atoms with Gasteiger partial charge in [-0.1, -0.05) is 18.2 Å². The van der Waals surface area contributed by atoms with Crippen LogP contribution in [0.5, 0.6) is 0 Å². The van der Waals surface area contributed by atoms with Gasteiger partial charge in [-0.25, -0.2) is 4.98 Å². The Morgan fingerprint density at radius 3 is 2.90 bits per heavy atom. The van der Waals surface area contributed by atoms with Crippen LogP contribution >= 0.6 is 11.3 Å². The number of pyridine rings is 1. The van der Waals surface area contributed by atoms with Crippen LogP contribution in [0.2, 0.25) is 0 Å². The van der Waals surface area contributed by atoms with E-state index in [9.17, 15) is 4.79 Å². The van der Waals surface area contributed by atoms with Crippen LogP contribution in [0.25, 0.3) is 32.0 Å². The zero-order chi connectivity index (χ0) is 21.5. The number of thiazole rings is 1. The quantitative estimate of drug-likeness (QED) is 0.530. The van der Waals surface area contributed by atoms with E-state index in [1.807, 2.05) is 17.0 Å². The molecule has 1 aromatic carbocycles. The molecule has 4 aromatic rings. The number of hydrogen-bond acceptors (Lipinski definition) is 6. The minimum atomic E-state index is -0.0265. The molecular formula is C23H24N6OS. The normalized spacial score (nSPS) is 16.5. The van der Waals surface area contributed by atoms with Gasteiger partial charge in [0, 0.05) is 42.5 Å². The Morgan fingerprint density at radius 2 is 2.16 bits per heavy atom. The molecule has 158 valence electrons. The smallest absolute Gasteiger partial charge is 0.274 e. The number of carbonyl (C=O) groups is 1. The number of nitrogens with zero attached hydrogens (tertiary/aromatic N) is 5. The van der Waals surface area contributed by atoms with E-state index in [0.29, 0.717) is 11.7 Å². The van der Waals surface area contributed by atoms with Crippen molar-refractivity contribution < 1.29 is 4.79 Å². The number of aryl methyl sites for hydroxylation is 1. The highest BCUT2D eigenvalue weighted by molar-refractivity contribution is 7.18. The van der Waals surface area contributed by atoms with Crippen molar-refractivity contribution in [2.24, 2.45) is 0 Å². The first-order valence-electron chi connectivity index (χ1n) is 10.3. The summed E-state index contributed by atoms with van der Waals surface area (Å²) in [5, 5.41) is 9.37. The van der Waals surface area contributed by atoms with Crippen LogP contribution < -0.4 is 0 Å². The van der Waals surface area contributed by atoms with E-state index < -0.39 is 0 Å². The van der Waals surface area contributed by atoms with Crippen molar-refractivity contribution in [2.45, 2.75) is 19.4 Å². The number of H-pyrrole nitrogens is 1. The Bertz CT molecular complexity index is 1250. The Balaban J connectivity index is 1.59. The standard InChI is InChI=1S/C23H24N6OS/c1-14-6-7-17-18(11-14)26-27-19(17)22-25-20(21(31-22)15-5-4-9-24-12-15)23(30)29-10-8-16(13-29)28(2)3/h4-7,9,11-12,16H,8,10,13H2,1-3H3,(H,26,27)/t16-/m0/s1. The van der Waals surface area contributed by atoms with Crippen LogP contribution in [0.1, 0.15) is 22.5 Å². The molecule has 1 fully saturated rings. The molecule has 1 saturated heterocycles. The number of likely N-dealkylation sites (N-methyl/N-ethyl adjacent to an activating group) is 1. The second-order valence-electron chi connectivity index (χ2n) is 8.22. The molecule has 0 aliphatic carbocycles. The van der Waals surface area contributed by atoms with Crippen molar-refractivity contribution in [3.8, 4) is 21.1 Å². The van der Waals surface area contributed by atoms with Gasteiger partial charge < -0.3 is 9.80 Å². The lowest BCUT2D eigenvalue weighted by Gasteiger charge is -2.20. The molecular weight excluding hydrogens is 408 g/mol. The third-order valence-corrected chi connectivity index (χ3v) is 6.97. The van der Waals surface area contributed by atoms with E-state index >= 15 is 0 Å². The predicted octanol–water partition coefficient (Wildman–Crippen LogP) is 3.83. The number of fused-ring (bicyclic) bond motifs is 1. The average Bonchev–Trinajstić information content (AvgIpc) is 3.51. The third-order valence-electron chi connectivity index (χ3n) is 5.86. The number of likely N-dealkylation sites (tertiary alicyclic amines) is 1. The number of benzene rings is 1.